The van der Waals surface area contributed by atoms with E-state index in [1.165, 1.54) is 31.5 Å². The van der Waals surface area contributed by atoms with Crippen molar-refractivity contribution in [1.82, 2.24) is 10.2 Å². The Morgan fingerprint density at radius 1 is 1.57 bits per heavy atom. The van der Waals surface area contributed by atoms with E-state index in [0.29, 0.717) is 6.04 Å². The number of hydrogen-bond acceptors (Lipinski definition) is 2. The molecule has 0 saturated carbocycles. The molecule has 0 radical (unpaired) electrons. The minimum absolute atomic E-state index is 0.701. The fraction of sp³-hybridized carbons (Fsp3) is 0.833. The van der Waals surface area contributed by atoms with E-state index in [2.05, 4.69) is 37.7 Å². The highest BCUT2D eigenvalue weighted by molar-refractivity contribution is 4.91. The molecule has 0 aromatic heterocycles. The van der Waals surface area contributed by atoms with Crippen molar-refractivity contribution in [2.75, 3.05) is 26.7 Å². The lowest BCUT2D eigenvalue weighted by atomic mass is 9.93. The predicted molar refractivity (Wildman–Crippen MR) is 62.5 cm³/mol. The van der Waals surface area contributed by atoms with Gasteiger partial charge in [-0.2, -0.15) is 0 Å². The first-order chi connectivity index (χ1) is 6.58. The summed E-state index contributed by atoms with van der Waals surface area (Å²) in [6, 6.07) is 0.701. The minimum Gasteiger partial charge on any atom is -0.314 e. The van der Waals surface area contributed by atoms with Gasteiger partial charge in [0.1, 0.15) is 0 Å². The summed E-state index contributed by atoms with van der Waals surface area (Å²) in [5.41, 5.74) is 1.26. The van der Waals surface area contributed by atoms with Gasteiger partial charge in [-0.05, 0) is 46.2 Å². The highest BCUT2D eigenvalue weighted by Crippen LogP contribution is 2.16. The minimum atomic E-state index is 0.701. The van der Waals surface area contributed by atoms with Crippen molar-refractivity contribution in [3.63, 3.8) is 0 Å². The third-order valence-electron chi connectivity index (χ3n) is 2.84. The van der Waals surface area contributed by atoms with Crippen molar-refractivity contribution >= 4 is 0 Å². The monoisotopic (exact) mass is 196 g/mol. The molecule has 1 aliphatic rings. The van der Waals surface area contributed by atoms with Gasteiger partial charge in [0, 0.05) is 19.1 Å². The van der Waals surface area contributed by atoms with Gasteiger partial charge in [0.2, 0.25) is 0 Å². The normalized spacial score (nSPS) is 28.0. The van der Waals surface area contributed by atoms with Crippen molar-refractivity contribution < 1.29 is 0 Å². The lowest BCUT2D eigenvalue weighted by molar-refractivity contribution is 0.230. The maximum atomic E-state index is 3.95. The van der Waals surface area contributed by atoms with E-state index in [1.54, 1.807) is 0 Å². The number of likely N-dealkylation sites (N-methyl/N-ethyl adjacent to an activating group) is 1. The van der Waals surface area contributed by atoms with Gasteiger partial charge in [-0.1, -0.05) is 12.2 Å². The van der Waals surface area contributed by atoms with Crippen LogP contribution in [0.2, 0.25) is 0 Å². The molecule has 14 heavy (non-hydrogen) atoms. The van der Waals surface area contributed by atoms with Crippen LogP contribution in [-0.4, -0.2) is 37.6 Å². The molecular weight excluding hydrogens is 172 g/mol. The predicted octanol–water partition coefficient (Wildman–Crippen LogP) is 1.88. The summed E-state index contributed by atoms with van der Waals surface area (Å²) in [6.07, 6.45) is 2.64. The third-order valence-corrected chi connectivity index (χ3v) is 2.84. The van der Waals surface area contributed by atoms with Gasteiger partial charge in [-0.3, -0.25) is 0 Å². The van der Waals surface area contributed by atoms with E-state index in [4.69, 9.17) is 0 Å². The molecule has 1 saturated heterocycles. The lowest BCUT2D eigenvalue weighted by Crippen LogP contribution is -2.40. The molecule has 0 bridgehead atoms. The first-order valence-corrected chi connectivity index (χ1v) is 5.64. The number of piperidine rings is 1. The molecule has 2 nitrogen and oxygen atoms in total. The second-order valence-electron chi connectivity index (χ2n) is 4.90. The van der Waals surface area contributed by atoms with E-state index in [0.717, 1.165) is 12.5 Å². The van der Waals surface area contributed by atoms with Gasteiger partial charge in [-0.25, -0.2) is 0 Å². The Morgan fingerprint density at radius 3 is 2.86 bits per heavy atom. The molecule has 0 spiro atoms. The Labute approximate surface area is 88.4 Å². The number of hydrogen-bond donors (Lipinski definition) is 1. The first-order valence-electron chi connectivity index (χ1n) is 5.64. The molecule has 1 N–H and O–H groups in total. The van der Waals surface area contributed by atoms with Crippen LogP contribution >= 0.6 is 0 Å². The van der Waals surface area contributed by atoms with Crippen molar-refractivity contribution in [2.45, 2.75) is 32.7 Å². The number of nitrogens with one attached hydrogen (secondary N) is 1. The largest absolute Gasteiger partial charge is 0.314 e. The van der Waals surface area contributed by atoms with E-state index >= 15 is 0 Å². The van der Waals surface area contributed by atoms with Crippen LogP contribution in [0.25, 0.3) is 0 Å². The van der Waals surface area contributed by atoms with E-state index in [-0.39, 0.29) is 0 Å². The molecule has 1 rings (SSSR count). The standard InChI is InChI=1S/C12H24N2/c1-10(2)8-14(4)9-12-5-6-13-11(3)7-12/h11-13H,1,5-9H2,2-4H3. The topological polar surface area (TPSA) is 15.3 Å². The maximum absolute atomic E-state index is 3.95. The Balaban J connectivity index is 2.25. The van der Waals surface area contributed by atoms with Crippen LogP contribution in [0.5, 0.6) is 0 Å². The smallest absolute Gasteiger partial charge is 0.0184 e. The van der Waals surface area contributed by atoms with Gasteiger partial charge in [0.15, 0.2) is 0 Å². The van der Waals surface area contributed by atoms with Crippen LogP contribution < -0.4 is 5.32 Å². The molecule has 2 atom stereocenters. The number of nitrogens with zero attached hydrogens (tertiary/aromatic N) is 1. The van der Waals surface area contributed by atoms with Crippen LogP contribution in [0.15, 0.2) is 12.2 Å². The van der Waals surface area contributed by atoms with E-state index in [1.807, 2.05) is 0 Å². The average molecular weight is 196 g/mol. The second kappa shape index (κ2) is 5.52. The van der Waals surface area contributed by atoms with Gasteiger partial charge < -0.3 is 10.2 Å². The summed E-state index contributed by atoms with van der Waals surface area (Å²) in [6.45, 7) is 11.8. The summed E-state index contributed by atoms with van der Waals surface area (Å²) in [4.78, 5) is 2.39. The quantitative estimate of drug-likeness (QED) is 0.691. The van der Waals surface area contributed by atoms with Gasteiger partial charge >= 0.3 is 0 Å². The molecule has 0 aliphatic carbocycles. The summed E-state index contributed by atoms with van der Waals surface area (Å²) >= 11 is 0. The molecule has 0 amide bonds. The lowest BCUT2D eigenvalue weighted by Gasteiger charge is -2.31. The van der Waals surface area contributed by atoms with Crippen LogP contribution in [0.1, 0.15) is 26.7 Å². The molecule has 1 heterocycles. The van der Waals surface area contributed by atoms with E-state index in [9.17, 15) is 0 Å². The SMILES string of the molecule is C=C(C)CN(C)CC1CCNC(C)C1. The van der Waals surface area contributed by atoms with Gasteiger partial charge in [0.05, 0.1) is 0 Å². The average Bonchev–Trinajstić information content (AvgIpc) is 2.01. The molecule has 2 heteroatoms. The van der Waals surface area contributed by atoms with Crippen LogP contribution in [0, 0.1) is 5.92 Å². The zero-order valence-electron chi connectivity index (χ0n) is 9.84. The van der Waals surface area contributed by atoms with Gasteiger partial charge in [0.25, 0.3) is 0 Å². The Bertz CT molecular complexity index is 189. The van der Waals surface area contributed by atoms with Crippen LogP contribution in [0.3, 0.4) is 0 Å². The van der Waals surface area contributed by atoms with Crippen LogP contribution in [0.4, 0.5) is 0 Å². The molecule has 1 aliphatic heterocycles. The first kappa shape index (κ1) is 11.7. The second-order valence-corrected chi connectivity index (χ2v) is 4.90. The van der Waals surface area contributed by atoms with Gasteiger partial charge in [-0.15, -0.1) is 0 Å². The Hall–Kier alpha value is -0.340. The molecule has 82 valence electrons. The molecule has 1 fully saturated rings. The molecule has 0 aromatic carbocycles. The summed E-state index contributed by atoms with van der Waals surface area (Å²) in [7, 11) is 2.20. The molecule has 0 aromatic rings. The summed E-state index contributed by atoms with van der Waals surface area (Å²) in [5.74, 6) is 0.871. The summed E-state index contributed by atoms with van der Waals surface area (Å²) < 4.78 is 0. The van der Waals surface area contributed by atoms with Crippen molar-refractivity contribution in [1.29, 1.82) is 0 Å². The maximum Gasteiger partial charge on any atom is 0.0184 e. The van der Waals surface area contributed by atoms with Crippen molar-refractivity contribution in [2.24, 2.45) is 5.92 Å². The van der Waals surface area contributed by atoms with Crippen LogP contribution in [-0.2, 0) is 0 Å². The third kappa shape index (κ3) is 4.25. The summed E-state index contributed by atoms with van der Waals surface area (Å²) in [5, 5.41) is 3.49. The Kier molecular flexibility index (Phi) is 4.63. The molecular formula is C12H24N2. The Morgan fingerprint density at radius 2 is 2.29 bits per heavy atom. The number of rotatable bonds is 4. The molecule has 2 unspecified atom stereocenters. The fourth-order valence-corrected chi connectivity index (χ4v) is 2.37. The highest BCUT2D eigenvalue weighted by Gasteiger charge is 2.19. The zero-order valence-corrected chi connectivity index (χ0v) is 9.84. The van der Waals surface area contributed by atoms with Crippen molar-refractivity contribution in [3.05, 3.63) is 12.2 Å². The fourth-order valence-electron chi connectivity index (χ4n) is 2.37. The van der Waals surface area contributed by atoms with E-state index < -0.39 is 0 Å². The van der Waals surface area contributed by atoms with Crippen molar-refractivity contribution in [3.8, 4) is 0 Å². The zero-order chi connectivity index (χ0) is 10.6. The highest BCUT2D eigenvalue weighted by atomic mass is 15.1.